The summed E-state index contributed by atoms with van der Waals surface area (Å²) in [5.74, 6) is -1.83. The number of alkyl halides is 3. The van der Waals surface area contributed by atoms with Crippen LogP contribution in [0.25, 0.3) is 0 Å². The number of halogens is 3. The van der Waals surface area contributed by atoms with Gasteiger partial charge >= 0.3 is 12.1 Å². The molecule has 6 heteroatoms. The second kappa shape index (κ2) is 3.56. The largest absolute Gasteiger partial charge is 0.470 e. The van der Waals surface area contributed by atoms with E-state index in [1.807, 2.05) is 20.8 Å². The van der Waals surface area contributed by atoms with Gasteiger partial charge in [0, 0.05) is 0 Å². The highest BCUT2D eigenvalue weighted by atomic mass is 28.3. The second-order valence-corrected chi connectivity index (χ2v) is 9.83. The van der Waals surface area contributed by atoms with Crippen molar-refractivity contribution >= 4 is 14.1 Å². The van der Waals surface area contributed by atoms with Gasteiger partial charge in [-0.2, -0.15) is 13.2 Å². The summed E-state index contributed by atoms with van der Waals surface area (Å²) in [4.78, 5) is 12.8. The molecule has 0 aliphatic carbocycles. The summed E-state index contributed by atoms with van der Waals surface area (Å²) >= 11 is 0. The fourth-order valence-electron chi connectivity index (χ4n) is 0.542. The molecule has 0 spiro atoms. The van der Waals surface area contributed by atoms with Gasteiger partial charge in [-0.25, -0.2) is 0 Å². The molecule has 0 saturated carbocycles. The van der Waals surface area contributed by atoms with E-state index in [4.69, 9.17) is 0 Å². The van der Waals surface area contributed by atoms with Crippen molar-refractivity contribution in [1.29, 1.82) is 0 Å². The van der Waals surface area contributed by atoms with Gasteiger partial charge in [-0.15, -0.1) is 0 Å². The van der Waals surface area contributed by atoms with Gasteiger partial charge in [0.05, 0.1) is 0 Å². The van der Waals surface area contributed by atoms with Crippen molar-refractivity contribution in [2.75, 3.05) is 0 Å². The predicted molar refractivity (Wildman–Crippen MR) is 51.4 cm³/mol. The van der Waals surface area contributed by atoms with Crippen LogP contribution in [0.5, 0.6) is 0 Å². The van der Waals surface area contributed by atoms with E-state index < -0.39 is 20.3 Å². The summed E-state index contributed by atoms with van der Waals surface area (Å²) in [7, 11) is -2.40. The zero-order valence-corrected chi connectivity index (χ0v) is 10.0. The topological polar surface area (TPSA) is 29.1 Å². The molecule has 0 unspecified atom stereocenters. The first-order chi connectivity index (χ1) is 5.88. The highest BCUT2D eigenvalue weighted by Gasteiger charge is 2.45. The summed E-state index contributed by atoms with van der Waals surface area (Å²) in [5, 5.41) is -0.298. The van der Waals surface area contributed by atoms with Crippen LogP contribution in [0, 0.1) is 0 Å². The highest BCUT2D eigenvalue weighted by Crippen LogP contribution is 2.34. The first kappa shape index (κ1) is 13.5. The van der Waals surface area contributed by atoms with E-state index >= 15 is 0 Å². The molecule has 0 aromatic rings. The van der Waals surface area contributed by atoms with E-state index in [-0.39, 0.29) is 5.04 Å². The zero-order valence-electron chi connectivity index (χ0n) is 9.04. The molecule has 0 heterocycles. The van der Waals surface area contributed by atoms with E-state index in [0.29, 0.717) is 0 Å². The molecular formula is C8H16F3NOSi. The molecule has 0 aliphatic heterocycles. The first-order valence-corrected chi connectivity index (χ1v) is 7.27. The Kier molecular flexibility index (Phi) is 3.43. The Labute approximate surface area is 83.0 Å². The highest BCUT2D eigenvalue weighted by molar-refractivity contribution is 6.79. The monoisotopic (exact) mass is 227 g/mol. The van der Waals surface area contributed by atoms with Crippen LogP contribution in [-0.4, -0.2) is 20.3 Å². The van der Waals surface area contributed by atoms with Gasteiger partial charge in [0.15, 0.2) is 8.24 Å². The van der Waals surface area contributed by atoms with Gasteiger partial charge in [0.2, 0.25) is 0 Å². The Morgan fingerprint density at radius 3 is 1.71 bits per heavy atom. The number of hydrogen-bond donors (Lipinski definition) is 1. The third-order valence-corrected chi connectivity index (χ3v) is 7.16. The number of amides is 1. The number of hydrogen-bond acceptors (Lipinski definition) is 1. The molecule has 2 nitrogen and oxygen atoms in total. The van der Waals surface area contributed by atoms with Gasteiger partial charge in [-0.05, 0) is 5.04 Å². The summed E-state index contributed by atoms with van der Waals surface area (Å²) in [6.07, 6.45) is -4.78. The molecule has 0 atom stereocenters. The normalized spacial score (nSPS) is 14.0. The van der Waals surface area contributed by atoms with Crippen LogP contribution in [0.4, 0.5) is 13.2 Å². The van der Waals surface area contributed by atoms with Gasteiger partial charge in [0.1, 0.15) is 0 Å². The lowest BCUT2D eigenvalue weighted by molar-refractivity contribution is -0.171. The molecule has 1 amide bonds. The molecule has 0 saturated heterocycles. The maximum Gasteiger partial charge on any atom is 0.470 e. The summed E-state index contributed by atoms with van der Waals surface area (Å²) in [6, 6.07) is 0. The van der Waals surface area contributed by atoms with Gasteiger partial charge in [-0.3, -0.25) is 4.79 Å². The van der Waals surface area contributed by atoms with Crippen molar-refractivity contribution in [3.8, 4) is 0 Å². The number of carbonyl (C=O) groups is 1. The van der Waals surface area contributed by atoms with Crippen molar-refractivity contribution < 1.29 is 18.0 Å². The smallest absolute Gasteiger partial charge is 0.374 e. The molecule has 0 bridgehead atoms. The Hall–Kier alpha value is -0.523. The van der Waals surface area contributed by atoms with Crippen molar-refractivity contribution in [3.05, 3.63) is 0 Å². The van der Waals surface area contributed by atoms with Gasteiger partial charge < -0.3 is 4.98 Å². The average Bonchev–Trinajstić information content (AvgIpc) is 1.80. The van der Waals surface area contributed by atoms with Crippen LogP contribution >= 0.6 is 0 Å². The summed E-state index contributed by atoms with van der Waals surface area (Å²) in [5.41, 5.74) is 0. The van der Waals surface area contributed by atoms with Crippen molar-refractivity contribution in [3.63, 3.8) is 0 Å². The molecule has 0 aliphatic rings. The molecule has 84 valence electrons. The van der Waals surface area contributed by atoms with E-state index in [1.54, 1.807) is 13.1 Å². The maximum absolute atomic E-state index is 12.0. The van der Waals surface area contributed by atoms with Crippen LogP contribution in [-0.2, 0) is 4.79 Å². The van der Waals surface area contributed by atoms with E-state index in [2.05, 4.69) is 4.98 Å². The summed E-state index contributed by atoms with van der Waals surface area (Å²) in [6.45, 7) is 8.90. The molecule has 0 rings (SSSR count). The predicted octanol–water partition coefficient (Wildman–Crippen LogP) is 2.67. The quantitative estimate of drug-likeness (QED) is 0.686. The third kappa shape index (κ3) is 3.32. The van der Waals surface area contributed by atoms with Crippen molar-refractivity contribution in [2.24, 2.45) is 0 Å². The standard InChI is InChI=1S/C8H16F3NOSi/c1-7(2,3)14(4,5)12-6(13)8(9,10)11/h1-5H3,(H,12,13). The van der Waals surface area contributed by atoms with Crippen LogP contribution in [0.3, 0.4) is 0 Å². The number of rotatable bonds is 1. The van der Waals surface area contributed by atoms with Crippen LogP contribution in [0.2, 0.25) is 18.1 Å². The first-order valence-electron chi connectivity index (χ1n) is 4.27. The summed E-state index contributed by atoms with van der Waals surface area (Å²) < 4.78 is 35.9. The van der Waals surface area contributed by atoms with Crippen LogP contribution < -0.4 is 4.98 Å². The fraction of sp³-hybridized carbons (Fsp3) is 0.875. The van der Waals surface area contributed by atoms with E-state index in [0.717, 1.165) is 0 Å². The van der Waals surface area contributed by atoms with Gasteiger partial charge in [0.25, 0.3) is 0 Å². The van der Waals surface area contributed by atoms with Crippen molar-refractivity contribution in [1.82, 2.24) is 4.98 Å². The fourth-order valence-corrected chi connectivity index (χ4v) is 1.63. The second-order valence-electron chi connectivity index (χ2n) is 4.83. The Morgan fingerprint density at radius 2 is 1.50 bits per heavy atom. The molecule has 14 heavy (non-hydrogen) atoms. The number of nitrogens with one attached hydrogen (secondary N) is 1. The maximum atomic E-state index is 12.0. The average molecular weight is 227 g/mol. The lowest BCUT2D eigenvalue weighted by Gasteiger charge is -2.37. The Morgan fingerprint density at radius 1 is 1.14 bits per heavy atom. The van der Waals surface area contributed by atoms with E-state index in [1.165, 1.54) is 0 Å². The lowest BCUT2D eigenvalue weighted by atomic mass is 10.2. The molecular weight excluding hydrogens is 211 g/mol. The van der Waals surface area contributed by atoms with Gasteiger partial charge in [-0.1, -0.05) is 33.9 Å². The molecule has 0 aromatic heterocycles. The SMILES string of the molecule is CC(C)(C)[Si](C)(C)NC(=O)C(F)(F)F. The van der Waals surface area contributed by atoms with Crippen LogP contribution in [0.1, 0.15) is 20.8 Å². The molecule has 0 aromatic carbocycles. The minimum absolute atomic E-state index is 0.298. The van der Waals surface area contributed by atoms with Crippen molar-refractivity contribution in [2.45, 2.75) is 45.1 Å². The molecule has 1 N–H and O–H groups in total. The lowest BCUT2D eigenvalue weighted by Crippen LogP contribution is -2.57. The minimum atomic E-state index is -4.78. The molecule has 0 fully saturated rings. The Bertz CT molecular complexity index is 230. The molecule has 0 radical (unpaired) electrons. The minimum Gasteiger partial charge on any atom is -0.374 e. The van der Waals surface area contributed by atoms with Crippen LogP contribution in [0.15, 0.2) is 0 Å². The zero-order chi connectivity index (χ0) is 11.8. The third-order valence-electron chi connectivity index (χ3n) is 2.56. The number of carbonyl (C=O) groups excluding carboxylic acids is 1. The van der Waals surface area contributed by atoms with E-state index in [9.17, 15) is 18.0 Å². The Balaban J connectivity index is 4.62.